The lowest BCUT2D eigenvalue weighted by molar-refractivity contribution is -0.203. The highest BCUT2D eigenvalue weighted by molar-refractivity contribution is 6.32. The predicted octanol–water partition coefficient (Wildman–Crippen LogP) is 2.73. The molecule has 2 aliphatic rings. The molecule has 3 atom stereocenters. The van der Waals surface area contributed by atoms with Crippen molar-refractivity contribution in [3.05, 3.63) is 28.5 Å². The first-order chi connectivity index (χ1) is 11.2. The Bertz CT molecular complexity index is 747. The summed E-state index contributed by atoms with van der Waals surface area (Å²) >= 11 is 5.68. The Labute approximate surface area is 138 Å². The molecule has 0 aromatic heterocycles. The molecule has 0 amide bonds. The summed E-state index contributed by atoms with van der Waals surface area (Å²) in [4.78, 5) is 4.94. The van der Waals surface area contributed by atoms with Crippen molar-refractivity contribution in [2.45, 2.75) is 30.8 Å². The summed E-state index contributed by atoms with van der Waals surface area (Å²) in [5, 5.41) is 18.1. The molecule has 0 unspecified atom stereocenters. The van der Waals surface area contributed by atoms with Gasteiger partial charge in [-0.05, 0) is 18.6 Å². The number of halogens is 5. The van der Waals surface area contributed by atoms with Gasteiger partial charge in [-0.2, -0.15) is 23.4 Å². The lowest BCUT2D eigenvalue weighted by atomic mass is 10.1. The predicted molar refractivity (Wildman–Crippen MR) is 75.3 cm³/mol. The second kappa shape index (κ2) is 5.79. The number of aliphatic imine (C=N–C) groups is 1. The molecule has 5 nitrogen and oxygen atoms in total. The summed E-state index contributed by atoms with van der Waals surface area (Å²) in [7, 11) is 0. The minimum absolute atomic E-state index is 0.100. The molecule has 0 spiro atoms. The number of fused-ring (bicyclic) bond motifs is 1. The van der Waals surface area contributed by atoms with Crippen molar-refractivity contribution >= 4 is 23.3 Å². The van der Waals surface area contributed by atoms with Crippen molar-refractivity contribution in [1.29, 1.82) is 5.26 Å². The number of hydrogen-bond acceptors (Lipinski definition) is 4. The van der Waals surface area contributed by atoms with Crippen LogP contribution >= 0.6 is 11.6 Å². The summed E-state index contributed by atoms with van der Waals surface area (Å²) in [5.41, 5.74) is -0.468. The third kappa shape index (κ3) is 2.65. The molecule has 0 saturated carbocycles. The summed E-state index contributed by atoms with van der Waals surface area (Å²) in [5.74, 6) is -1.03. The zero-order chi connectivity index (χ0) is 17.6. The zero-order valence-corrected chi connectivity index (χ0v) is 12.6. The first-order valence-electron chi connectivity index (χ1n) is 6.89. The van der Waals surface area contributed by atoms with Gasteiger partial charge < -0.3 is 14.7 Å². The van der Waals surface area contributed by atoms with Gasteiger partial charge in [0.1, 0.15) is 17.8 Å². The molecule has 2 fully saturated rings. The van der Waals surface area contributed by atoms with Crippen LogP contribution in [0.1, 0.15) is 12.0 Å². The lowest BCUT2D eigenvalue weighted by Crippen LogP contribution is -2.45. The topological polar surface area (TPSA) is 68.8 Å². The van der Waals surface area contributed by atoms with E-state index in [2.05, 4.69) is 4.99 Å². The third-order valence-electron chi connectivity index (χ3n) is 3.93. The van der Waals surface area contributed by atoms with Gasteiger partial charge >= 0.3 is 6.18 Å². The maximum absolute atomic E-state index is 14.1. The maximum Gasteiger partial charge on any atom is 0.427 e. The number of aliphatic hydroxyl groups excluding tert-OH is 1. The van der Waals surface area contributed by atoms with E-state index in [1.807, 2.05) is 0 Å². The fraction of sp³-hybridized carbons (Fsp3) is 0.429. The molecule has 2 aliphatic heterocycles. The quantitative estimate of drug-likeness (QED) is 0.779. The molecule has 128 valence electrons. The monoisotopic (exact) mass is 363 g/mol. The standard InChI is InChI=1S/C14H10ClF4N3O2/c15-9-6(5-20)1-2-7(10(9)16)21-13-22-4-3-8(23)11(22)12(24-13)14(17,18)19/h1-2,8,11-12,23H,3-4H2/b21-13-/t8-,11+,12-/m1/s1. The van der Waals surface area contributed by atoms with E-state index in [0.717, 1.165) is 11.0 Å². The van der Waals surface area contributed by atoms with Crippen molar-refractivity contribution in [2.75, 3.05) is 6.54 Å². The van der Waals surface area contributed by atoms with E-state index in [0.29, 0.717) is 0 Å². The molecule has 0 radical (unpaired) electrons. The van der Waals surface area contributed by atoms with Gasteiger partial charge in [-0.1, -0.05) is 11.6 Å². The van der Waals surface area contributed by atoms with E-state index >= 15 is 0 Å². The summed E-state index contributed by atoms with van der Waals surface area (Å²) in [6.45, 7) is 0.100. The second-order valence-corrected chi connectivity index (χ2v) is 5.76. The smallest absolute Gasteiger partial charge is 0.427 e. The number of rotatable bonds is 1. The molecule has 24 heavy (non-hydrogen) atoms. The number of hydrogen-bond donors (Lipinski definition) is 1. The van der Waals surface area contributed by atoms with E-state index in [1.54, 1.807) is 6.07 Å². The number of alkyl halides is 3. The normalized spacial score (nSPS) is 28.0. The van der Waals surface area contributed by atoms with Crippen LogP contribution in [0.4, 0.5) is 23.2 Å². The van der Waals surface area contributed by atoms with Crippen LogP contribution in [0, 0.1) is 17.1 Å². The van der Waals surface area contributed by atoms with Gasteiger partial charge in [0, 0.05) is 6.54 Å². The Balaban J connectivity index is 2.00. The van der Waals surface area contributed by atoms with E-state index < -0.39 is 41.3 Å². The molecule has 0 aliphatic carbocycles. The largest absolute Gasteiger partial charge is 0.450 e. The molecule has 2 saturated heterocycles. The Hall–Kier alpha value is -2.05. The fourth-order valence-electron chi connectivity index (χ4n) is 2.80. The molecule has 0 bridgehead atoms. The van der Waals surface area contributed by atoms with Crippen LogP contribution in [-0.2, 0) is 4.74 Å². The van der Waals surface area contributed by atoms with Crippen LogP contribution in [0.15, 0.2) is 17.1 Å². The van der Waals surface area contributed by atoms with Crippen LogP contribution in [-0.4, -0.2) is 47.0 Å². The SMILES string of the molecule is N#Cc1ccc(/N=C2\O[C@@H](C(F)(F)F)[C@@H]3[C@H](O)CCN23)c(F)c1Cl. The van der Waals surface area contributed by atoms with Gasteiger partial charge in [0.05, 0.1) is 16.7 Å². The highest BCUT2D eigenvalue weighted by Gasteiger charge is 2.59. The molecule has 1 aromatic carbocycles. The molecule has 1 N–H and O–H groups in total. The van der Waals surface area contributed by atoms with Gasteiger partial charge in [0.15, 0.2) is 5.82 Å². The molecular formula is C14H10ClF4N3O2. The van der Waals surface area contributed by atoms with E-state index in [9.17, 15) is 22.7 Å². The molecule has 2 heterocycles. The number of nitrogens with zero attached hydrogens (tertiary/aromatic N) is 3. The summed E-state index contributed by atoms with van der Waals surface area (Å²) < 4.78 is 58.2. The second-order valence-electron chi connectivity index (χ2n) is 5.39. The van der Waals surface area contributed by atoms with Gasteiger partial charge in [-0.3, -0.25) is 0 Å². The van der Waals surface area contributed by atoms with Crippen LogP contribution in [0.5, 0.6) is 0 Å². The molecule has 3 rings (SSSR count). The average Bonchev–Trinajstić information content (AvgIpc) is 3.06. The number of ether oxygens (including phenoxy) is 1. The van der Waals surface area contributed by atoms with Crippen molar-refractivity contribution in [2.24, 2.45) is 4.99 Å². The average molecular weight is 364 g/mol. The number of amidine groups is 1. The van der Waals surface area contributed by atoms with Gasteiger partial charge in [-0.15, -0.1) is 0 Å². The van der Waals surface area contributed by atoms with Gasteiger partial charge in [-0.25, -0.2) is 4.39 Å². The Morgan fingerprint density at radius 3 is 2.75 bits per heavy atom. The van der Waals surface area contributed by atoms with Crippen LogP contribution < -0.4 is 0 Å². The Morgan fingerprint density at radius 2 is 2.12 bits per heavy atom. The highest BCUT2D eigenvalue weighted by atomic mass is 35.5. The van der Waals surface area contributed by atoms with Crippen molar-refractivity contribution < 1.29 is 27.4 Å². The van der Waals surface area contributed by atoms with Gasteiger partial charge in [0.25, 0.3) is 6.02 Å². The van der Waals surface area contributed by atoms with E-state index in [1.165, 1.54) is 6.07 Å². The molecular weight excluding hydrogens is 354 g/mol. The van der Waals surface area contributed by atoms with Crippen molar-refractivity contribution in [3.63, 3.8) is 0 Å². The number of nitriles is 1. The Kier molecular flexibility index (Phi) is 4.05. The van der Waals surface area contributed by atoms with Crippen molar-refractivity contribution in [1.82, 2.24) is 4.90 Å². The Morgan fingerprint density at radius 1 is 1.42 bits per heavy atom. The maximum atomic E-state index is 14.1. The number of aliphatic hydroxyl groups is 1. The third-order valence-corrected chi connectivity index (χ3v) is 4.30. The highest BCUT2D eigenvalue weighted by Crippen LogP contribution is 2.39. The summed E-state index contributed by atoms with van der Waals surface area (Å²) in [6.07, 6.45) is -8.05. The van der Waals surface area contributed by atoms with Crippen LogP contribution in [0.25, 0.3) is 0 Å². The lowest BCUT2D eigenvalue weighted by Gasteiger charge is -2.21. The zero-order valence-electron chi connectivity index (χ0n) is 11.9. The van der Waals surface area contributed by atoms with E-state index in [-0.39, 0.29) is 24.2 Å². The first kappa shape index (κ1) is 16.8. The minimum atomic E-state index is -4.70. The minimum Gasteiger partial charge on any atom is -0.450 e. The van der Waals surface area contributed by atoms with E-state index in [4.69, 9.17) is 21.6 Å². The molecule has 1 aromatic rings. The number of benzene rings is 1. The first-order valence-corrected chi connectivity index (χ1v) is 7.26. The van der Waals surface area contributed by atoms with Gasteiger partial charge in [0.2, 0.25) is 6.10 Å². The van der Waals surface area contributed by atoms with Crippen LogP contribution in [0.3, 0.4) is 0 Å². The van der Waals surface area contributed by atoms with Crippen LogP contribution in [0.2, 0.25) is 5.02 Å². The molecule has 10 heteroatoms. The summed E-state index contributed by atoms with van der Waals surface area (Å²) in [6, 6.07) is 2.26. The van der Waals surface area contributed by atoms with Crippen molar-refractivity contribution in [3.8, 4) is 6.07 Å². The fourth-order valence-corrected chi connectivity index (χ4v) is 3.01.